The number of hydrogen-bond donors (Lipinski definition) is 1. The topological polar surface area (TPSA) is 110 Å². The predicted octanol–water partition coefficient (Wildman–Crippen LogP) is 1.43. The van der Waals surface area contributed by atoms with Crippen molar-refractivity contribution >= 4 is 23.3 Å². The summed E-state index contributed by atoms with van der Waals surface area (Å²) in [6.45, 7) is 5.28. The Bertz CT molecular complexity index is 878. The molecule has 1 radical (unpaired) electrons. The molecule has 0 spiro atoms. The molecule has 1 amide bonds. The minimum Gasteiger partial charge on any atom is -0.381 e. The van der Waals surface area contributed by atoms with E-state index in [4.69, 9.17) is 5.73 Å². The van der Waals surface area contributed by atoms with Crippen molar-refractivity contribution in [1.82, 2.24) is 20.6 Å². The highest BCUT2D eigenvalue weighted by Crippen LogP contribution is 2.19. The van der Waals surface area contributed by atoms with Gasteiger partial charge in [-0.2, -0.15) is 0 Å². The van der Waals surface area contributed by atoms with Gasteiger partial charge in [0.15, 0.2) is 5.82 Å². The summed E-state index contributed by atoms with van der Waals surface area (Å²) < 4.78 is 0. The van der Waals surface area contributed by atoms with Gasteiger partial charge in [-0.05, 0) is 44.5 Å². The molecule has 1 saturated heterocycles. The monoisotopic (exact) mass is 382 g/mol. The van der Waals surface area contributed by atoms with E-state index in [0.717, 1.165) is 6.42 Å². The van der Waals surface area contributed by atoms with E-state index in [1.54, 1.807) is 29.2 Å². The molecule has 0 aromatic carbocycles. The number of carbonyl (C=O) groups excluding carboxylic acids is 2. The number of aliphatic hydroxyl groups is 1. The molecule has 1 aliphatic rings. The summed E-state index contributed by atoms with van der Waals surface area (Å²) in [5, 5.41) is 9.97. The van der Waals surface area contributed by atoms with Crippen molar-refractivity contribution in [1.29, 1.82) is 0 Å². The standard InChI is InChI=1S/C20H24N5O3/c1-20(2,28)19(27)25-11-5-10-24(12-13-25)16-8-3-7-15(23-16)17(26)14-6-4-9-22-18(14)21/h3-4,6-9,21,28H,5,10-13H2,1-2H3. The molecule has 8 heteroatoms. The van der Waals surface area contributed by atoms with Crippen LogP contribution in [0.15, 0.2) is 36.5 Å². The van der Waals surface area contributed by atoms with Crippen LogP contribution in [0.1, 0.15) is 36.3 Å². The fourth-order valence-corrected chi connectivity index (χ4v) is 3.19. The Morgan fingerprint density at radius 1 is 1.11 bits per heavy atom. The van der Waals surface area contributed by atoms with E-state index in [1.165, 1.54) is 20.0 Å². The van der Waals surface area contributed by atoms with Crippen LogP contribution in [0, 0.1) is 0 Å². The van der Waals surface area contributed by atoms with Crippen LogP contribution in [-0.2, 0) is 4.79 Å². The molecule has 147 valence electrons. The van der Waals surface area contributed by atoms with Crippen molar-refractivity contribution in [2.75, 3.05) is 31.1 Å². The molecule has 3 heterocycles. The van der Waals surface area contributed by atoms with Gasteiger partial charge in [0.05, 0.1) is 5.56 Å². The fourth-order valence-electron chi connectivity index (χ4n) is 3.19. The number of carbonyl (C=O) groups is 2. The first-order valence-electron chi connectivity index (χ1n) is 9.22. The summed E-state index contributed by atoms with van der Waals surface area (Å²) in [4.78, 5) is 37.0. The molecule has 2 aromatic rings. The lowest BCUT2D eigenvalue weighted by molar-refractivity contribution is -0.147. The molecule has 0 bridgehead atoms. The number of aromatic nitrogens is 2. The number of ketones is 1. The van der Waals surface area contributed by atoms with E-state index in [9.17, 15) is 14.7 Å². The Morgan fingerprint density at radius 3 is 2.61 bits per heavy atom. The third-order valence-electron chi connectivity index (χ3n) is 4.65. The van der Waals surface area contributed by atoms with Crippen molar-refractivity contribution in [2.24, 2.45) is 0 Å². The lowest BCUT2D eigenvalue weighted by atomic mass is 10.1. The Balaban J connectivity index is 1.76. The van der Waals surface area contributed by atoms with Crippen LogP contribution in [0.2, 0.25) is 0 Å². The first kappa shape index (κ1) is 19.8. The van der Waals surface area contributed by atoms with Crippen LogP contribution < -0.4 is 10.6 Å². The average molecular weight is 382 g/mol. The van der Waals surface area contributed by atoms with Crippen molar-refractivity contribution in [2.45, 2.75) is 25.9 Å². The highest BCUT2D eigenvalue weighted by atomic mass is 16.3. The maximum atomic E-state index is 12.7. The highest BCUT2D eigenvalue weighted by molar-refractivity contribution is 6.10. The van der Waals surface area contributed by atoms with Crippen LogP contribution in [0.4, 0.5) is 11.6 Å². The molecule has 2 aromatic heterocycles. The summed E-state index contributed by atoms with van der Waals surface area (Å²) in [5.41, 5.74) is 6.89. The SMILES string of the molecule is CC(C)(O)C(=O)N1CCCN(c2cccc(C(=O)c3cccnc3[NH])n2)CC1. The molecule has 1 fully saturated rings. The van der Waals surface area contributed by atoms with Crippen LogP contribution in [-0.4, -0.2) is 63.4 Å². The first-order chi connectivity index (χ1) is 13.3. The van der Waals surface area contributed by atoms with Crippen LogP contribution in [0.3, 0.4) is 0 Å². The second-order valence-electron chi connectivity index (χ2n) is 7.30. The number of hydrogen-bond acceptors (Lipinski definition) is 6. The molecule has 0 aliphatic carbocycles. The smallest absolute Gasteiger partial charge is 0.254 e. The molecule has 1 aliphatic heterocycles. The molecule has 0 saturated carbocycles. The molecular weight excluding hydrogens is 358 g/mol. The molecule has 3 rings (SSSR count). The summed E-state index contributed by atoms with van der Waals surface area (Å²) in [6.07, 6.45) is 2.21. The minimum absolute atomic E-state index is 0.0738. The van der Waals surface area contributed by atoms with Gasteiger partial charge < -0.3 is 14.9 Å². The number of pyridine rings is 2. The fraction of sp³-hybridized carbons (Fsp3) is 0.400. The van der Waals surface area contributed by atoms with Crippen LogP contribution in [0.5, 0.6) is 0 Å². The Labute approximate surface area is 164 Å². The van der Waals surface area contributed by atoms with Crippen molar-refractivity contribution in [3.05, 3.63) is 47.8 Å². The largest absolute Gasteiger partial charge is 0.381 e. The van der Waals surface area contributed by atoms with E-state index in [-0.39, 0.29) is 28.8 Å². The summed E-state index contributed by atoms with van der Waals surface area (Å²) in [6, 6.07) is 8.41. The molecule has 28 heavy (non-hydrogen) atoms. The van der Waals surface area contributed by atoms with Crippen LogP contribution >= 0.6 is 0 Å². The van der Waals surface area contributed by atoms with Gasteiger partial charge in [-0.15, -0.1) is 0 Å². The van der Waals surface area contributed by atoms with Gasteiger partial charge in [0, 0.05) is 32.4 Å². The number of amides is 1. The molecule has 0 unspecified atom stereocenters. The Hall–Kier alpha value is -3.00. The normalized spacial score (nSPS) is 15.2. The Morgan fingerprint density at radius 2 is 1.89 bits per heavy atom. The van der Waals surface area contributed by atoms with Gasteiger partial charge >= 0.3 is 0 Å². The lowest BCUT2D eigenvalue weighted by Gasteiger charge is -2.27. The second-order valence-corrected chi connectivity index (χ2v) is 7.30. The number of nitrogens with one attached hydrogen (secondary N) is 1. The van der Waals surface area contributed by atoms with E-state index in [2.05, 4.69) is 9.97 Å². The van der Waals surface area contributed by atoms with Gasteiger partial charge in [0.1, 0.15) is 17.1 Å². The quantitative estimate of drug-likeness (QED) is 0.801. The second kappa shape index (κ2) is 7.93. The minimum atomic E-state index is -1.39. The average Bonchev–Trinajstić information content (AvgIpc) is 2.93. The van der Waals surface area contributed by atoms with Crippen molar-refractivity contribution < 1.29 is 14.7 Å². The third kappa shape index (κ3) is 4.28. The highest BCUT2D eigenvalue weighted by Gasteiger charge is 2.30. The molecule has 0 atom stereocenters. The summed E-state index contributed by atoms with van der Waals surface area (Å²) >= 11 is 0. The van der Waals surface area contributed by atoms with Crippen molar-refractivity contribution in [3.63, 3.8) is 0 Å². The molecule has 8 nitrogen and oxygen atoms in total. The van der Waals surface area contributed by atoms with Gasteiger partial charge in [-0.3, -0.25) is 15.3 Å². The molecular formula is C20H24N5O3. The van der Waals surface area contributed by atoms with Gasteiger partial charge in [-0.1, -0.05) is 6.07 Å². The van der Waals surface area contributed by atoms with Gasteiger partial charge in [-0.25, -0.2) is 9.97 Å². The van der Waals surface area contributed by atoms with E-state index < -0.39 is 5.60 Å². The van der Waals surface area contributed by atoms with E-state index >= 15 is 0 Å². The van der Waals surface area contributed by atoms with E-state index in [1.807, 2.05) is 11.0 Å². The first-order valence-corrected chi connectivity index (χ1v) is 9.22. The lowest BCUT2D eigenvalue weighted by Crippen LogP contribution is -2.46. The zero-order chi connectivity index (χ0) is 20.3. The summed E-state index contributed by atoms with van der Waals surface area (Å²) in [7, 11) is 0. The molecule has 2 N–H and O–H groups in total. The summed E-state index contributed by atoms with van der Waals surface area (Å²) in [5.74, 6) is -0.0477. The van der Waals surface area contributed by atoms with E-state index in [0.29, 0.717) is 32.0 Å². The van der Waals surface area contributed by atoms with Gasteiger partial charge in [0.25, 0.3) is 5.91 Å². The van der Waals surface area contributed by atoms with Gasteiger partial charge in [0.2, 0.25) is 5.78 Å². The zero-order valence-corrected chi connectivity index (χ0v) is 16.1. The zero-order valence-electron chi connectivity index (χ0n) is 16.1. The number of rotatable bonds is 4. The predicted molar refractivity (Wildman–Crippen MR) is 104 cm³/mol. The third-order valence-corrected chi connectivity index (χ3v) is 4.65. The maximum Gasteiger partial charge on any atom is 0.254 e. The maximum absolute atomic E-state index is 12.7. The van der Waals surface area contributed by atoms with Crippen LogP contribution in [0.25, 0.3) is 0 Å². The van der Waals surface area contributed by atoms with Crippen molar-refractivity contribution in [3.8, 4) is 0 Å². The number of anilines is 1. The number of nitrogens with zero attached hydrogens (tertiary/aromatic N) is 4. The Kier molecular flexibility index (Phi) is 5.60.